The van der Waals surface area contributed by atoms with Crippen molar-refractivity contribution in [2.24, 2.45) is 0 Å². The Morgan fingerprint density at radius 1 is 1.21 bits per heavy atom. The summed E-state index contributed by atoms with van der Waals surface area (Å²) in [5.41, 5.74) is -0.331. The highest BCUT2D eigenvalue weighted by Crippen LogP contribution is 2.54. The topological polar surface area (TPSA) is 88.8 Å². The molecular weight excluding hydrogens is 443 g/mol. The average molecular weight is 462 g/mol. The number of hydrogen-bond acceptors (Lipinski definition) is 6. The molecule has 0 spiro atoms. The number of rotatable bonds is 8. The Balaban J connectivity index is 2.55. The van der Waals surface area contributed by atoms with E-state index < -0.39 is 19.3 Å². The predicted molar refractivity (Wildman–Crippen MR) is 109 cm³/mol. The Morgan fingerprint density at radius 2 is 1.83 bits per heavy atom. The van der Waals surface area contributed by atoms with Gasteiger partial charge in [0.1, 0.15) is 28.9 Å². The van der Waals surface area contributed by atoms with Crippen molar-refractivity contribution in [1.82, 2.24) is 0 Å². The van der Waals surface area contributed by atoms with Crippen molar-refractivity contribution in [2.45, 2.75) is 26.6 Å². The number of aromatic hydroxyl groups is 1. The fourth-order valence-corrected chi connectivity index (χ4v) is 4.52. The number of nitrogens with zero attached hydrogens (tertiary/aromatic N) is 1. The first-order valence-corrected chi connectivity index (χ1v) is 11.0. The average Bonchev–Trinajstić information content (AvgIpc) is 2.66. The molecule has 0 bridgehead atoms. The Labute approximate surface area is 178 Å². The van der Waals surface area contributed by atoms with E-state index in [2.05, 4.69) is 0 Å². The molecule has 1 atom stereocenters. The standard InChI is InChI=1S/C19H19Cl2FNO5P/c1-4-26-29(25,27-5-2)11(3)28-18-8-12(16(22)9-15(18)21)19-13(10-23)17(24)7-6-14(19)20/h6-9,11,24H,4-5H2,1-3H3. The Morgan fingerprint density at radius 3 is 2.38 bits per heavy atom. The second kappa shape index (κ2) is 9.80. The third kappa shape index (κ3) is 5.03. The number of hydrogen-bond donors (Lipinski definition) is 1. The van der Waals surface area contributed by atoms with Crippen molar-refractivity contribution in [2.75, 3.05) is 13.2 Å². The molecule has 156 valence electrons. The summed E-state index contributed by atoms with van der Waals surface area (Å²) in [5, 5.41) is 19.2. The van der Waals surface area contributed by atoms with Gasteiger partial charge in [-0.2, -0.15) is 5.26 Å². The van der Waals surface area contributed by atoms with E-state index in [1.807, 2.05) is 0 Å². The molecule has 0 fully saturated rings. The first-order chi connectivity index (χ1) is 13.7. The van der Waals surface area contributed by atoms with E-state index >= 15 is 0 Å². The van der Waals surface area contributed by atoms with Gasteiger partial charge in [0.25, 0.3) is 0 Å². The largest absolute Gasteiger partial charge is 0.507 e. The van der Waals surface area contributed by atoms with Crippen molar-refractivity contribution in [1.29, 1.82) is 5.26 Å². The number of phenolic OH excluding ortho intramolecular Hbond substituents is 1. The number of benzene rings is 2. The minimum Gasteiger partial charge on any atom is -0.507 e. The minimum absolute atomic E-state index is 0.0152. The summed E-state index contributed by atoms with van der Waals surface area (Å²) in [4.78, 5) is 0. The van der Waals surface area contributed by atoms with E-state index in [4.69, 9.17) is 37.0 Å². The molecule has 2 rings (SSSR count). The number of phenols is 1. The molecule has 0 aliphatic heterocycles. The van der Waals surface area contributed by atoms with Gasteiger partial charge < -0.3 is 18.9 Å². The summed E-state index contributed by atoms with van der Waals surface area (Å²) >= 11 is 12.3. The van der Waals surface area contributed by atoms with Crippen LogP contribution in [0.3, 0.4) is 0 Å². The van der Waals surface area contributed by atoms with Gasteiger partial charge in [-0.05, 0) is 45.0 Å². The van der Waals surface area contributed by atoms with Gasteiger partial charge in [-0.15, -0.1) is 0 Å². The van der Waals surface area contributed by atoms with Crippen LogP contribution in [0, 0.1) is 17.1 Å². The molecule has 0 aromatic heterocycles. The van der Waals surface area contributed by atoms with E-state index in [0.29, 0.717) is 0 Å². The van der Waals surface area contributed by atoms with E-state index in [0.717, 1.165) is 6.07 Å². The molecule has 0 aliphatic carbocycles. The second-order valence-electron chi connectivity index (χ2n) is 5.78. The van der Waals surface area contributed by atoms with Crippen molar-refractivity contribution in [3.8, 4) is 28.7 Å². The van der Waals surface area contributed by atoms with Crippen LogP contribution in [-0.4, -0.2) is 24.2 Å². The molecule has 6 nitrogen and oxygen atoms in total. The lowest BCUT2D eigenvalue weighted by Crippen LogP contribution is -2.17. The minimum atomic E-state index is -3.62. The molecule has 29 heavy (non-hydrogen) atoms. The van der Waals surface area contributed by atoms with E-state index in [9.17, 15) is 19.3 Å². The first-order valence-electron chi connectivity index (χ1n) is 8.64. The summed E-state index contributed by atoms with van der Waals surface area (Å²) in [6, 6.07) is 6.57. The fourth-order valence-electron chi connectivity index (χ4n) is 2.61. The van der Waals surface area contributed by atoms with Gasteiger partial charge in [0.15, 0.2) is 5.85 Å². The van der Waals surface area contributed by atoms with Gasteiger partial charge in [-0.1, -0.05) is 23.2 Å². The maximum Gasteiger partial charge on any atom is 0.370 e. The lowest BCUT2D eigenvalue weighted by atomic mass is 9.98. The highest BCUT2D eigenvalue weighted by molar-refractivity contribution is 7.54. The normalized spacial score (nSPS) is 12.4. The number of ether oxygens (including phenoxy) is 1. The van der Waals surface area contributed by atoms with Crippen molar-refractivity contribution >= 4 is 30.8 Å². The molecule has 0 aliphatic rings. The van der Waals surface area contributed by atoms with Crippen LogP contribution < -0.4 is 4.74 Å². The van der Waals surface area contributed by atoms with Gasteiger partial charge in [0, 0.05) is 11.1 Å². The van der Waals surface area contributed by atoms with E-state index in [1.165, 1.54) is 25.1 Å². The third-order valence-corrected chi connectivity index (χ3v) is 6.74. The van der Waals surface area contributed by atoms with Crippen LogP contribution in [0.4, 0.5) is 4.39 Å². The Bertz CT molecular complexity index is 986. The Kier molecular flexibility index (Phi) is 7.93. The van der Waals surface area contributed by atoms with Crippen LogP contribution in [0.1, 0.15) is 26.3 Å². The summed E-state index contributed by atoms with van der Waals surface area (Å²) in [7, 11) is -3.62. The molecule has 2 aromatic rings. The van der Waals surface area contributed by atoms with Gasteiger partial charge in [0.05, 0.1) is 23.3 Å². The van der Waals surface area contributed by atoms with Gasteiger partial charge in [0.2, 0.25) is 0 Å². The van der Waals surface area contributed by atoms with Crippen LogP contribution in [-0.2, 0) is 13.6 Å². The SMILES string of the molecule is CCOP(=O)(OCC)C(C)Oc1cc(-c2c(Cl)ccc(O)c2C#N)c(F)cc1Cl. The molecule has 0 heterocycles. The molecule has 10 heteroatoms. The summed E-state index contributed by atoms with van der Waals surface area (Å²) in [6.07, 6.45) is 0. The highest BCUT2D eigenvalue weighted by Gasteiger charge is 2.34. The quantitative estimate of drug-likeness (QED) is 0.459. The first kappa shape index (κ1) is 23.5. The molecule has 1 N–H and O–H groups in total. The van der Waals surface area contributed by atoms with Crippen molar-refractivity contribution in [3.63, 3.8) is 0 Å². The molecule has 0 amide bonds. The zero-order chi connectivity index (χ0) is 21.8. The smallest absolute Gasteiger partial charge is 0.370 e. The molecule has 0 saturated carbocycles. The van der Waals surface area contributed by atoms with Gasteiger partial charge in [-0.3, -0.25) is 4.57 Å². The lowest BCUT2D eigenvalue weighted by Gasteiger charge is -2.24. The predicted octanol–water partition coefficient (Wildman–Crippen LogP) is 6.37. The van der Waals surface area contributed by atoms with Crippen LogP contribution in [0.2, 0.25) is 10.0 Å². The molecule has 0 radical (unpaired) electrons. The van der Waals surface area contributed by atoms with Gasteiger partial charge >= 0.3 is 7.60 Å². The monoisotopic (exact) mass is 461 g/mol. The number of nitriles is 1. The van der Waals surface area contributed by atoms with Crippen molar-refractivity contribution < 1.29 is 27.8 Å². The van der Waals surface area contributed by atoms with E-state index in [1.54, 1.807) is 19.9 Å². The van der Waals surface area contributed by atoms with E-state index in [-0.39, 0.29) is 51.4 Å². The summed E-state index contributed by atoms with van der Waals surface area (Å²) in [6.45, 7) is 5.08. The van der Waals surface area contributed by atoms with Crippen LogP contribution in [0.15, 0.2) is 24.3 Å². The van der Waals surface area contributed by atoms with Crippen LogP contribution in [0.25, 0.3) is 11.1 Å². The maximum absolute atomic E-state index is 14.7. The number of halogens is 3. The molecule has 0 saturated heterocycles. The summed E-state index contributed by atoms with van der Waals surface area (Å²) < 4.78 is 43.7. The highest BCUT2D eigenvalue weighted by atomic mass is 35.5. The third-order valence-electron chi connectivity index (χ3n) is 3.90. The Hall–Kier alpha value is -1.81. The van der Waals surface area contributed by atoms with Crippen LogP contribution in [0.5, 0.6) is 11.5 Å². The summed E-state index contributed by atoms with van der Waals surface area (Å²) in [5.74, 6) is -2.20. The molecule has 1 unspecified atom stereocenters. The maximum atomic E-state index is 14.7. The van der Waals surface area contributed by atoms with Gasteiger partial charge in [-0.25, -0.2) is 4.39 Å². The molecule has 2 aromatic carbocycles. The zero-order valence-electron chi connectivity index (χ0n) is 15.9. The van der Waals surface area contributed by atoms with Crippen molar-refractivity contribution in [3.05, 3.63) is 45.7 Å². The van der Waals surface area contributed by atoms with Crippen LogP contribution >= 0.6 is 30.8 Å². The lowest BCUT2D eigenvalue weighted by molar-refractivity contribution is 0.168. The zero-order valence-corrected chi connectivity index (χ0v) is 18.3. The molecular formula is C19H19Cl2FNO5P. The second-order valence-corrected chi connectivity index (χ2v) is 8.92. The fraction of sp³-hybridized carbons (Fsp3) is 0.316.